The summed E-state index contributed by atoms with van der Waals surface area (Å²) in [7, 11) is 0. The molecule has 2 atom stereocenters. The molecule has 0 amide bonds. The lowest BCUT2D eigenvalue weighted by Gasteiger charge is -2.20. The summed E-state index contributed by atoms with van der Waals surface area (Å²) in [6.45, 7) is 3.05. The van der Waals surface area contributed by atoms with Crippen molar-refractivity contribution >= 4 is 5.82 Å². The highest BCUT2D eigenvalue weighted by atomic mass is 16.5. The second-order valence-corrected chi connectivity index (χ2v) is 5.36. The summed E-state index contributed by atoms with van der Waals surface area (Å²) in [5.74, 6) is 1.73. The lowest BCUT2D eigenvalue weighted by molar-refractivity contribution is 0.0898. The number of rotatable bonds is 5. The molecule has 1 aliphatic heterocycles. The Bertz CT molecular complexity index is 406. The molecule has 2 fully saturated rings. The minimum Gasteiger partial charge on any atom is -0.376 e. The van der Waals surface area contributed by atoms with Gasteiger partial charge in [0.05, 0.1) is 12.1 Å². The first kappa shape index (κ1) is 11.9. The molecule has 18 heavy (non-hydrogen) atoms. The van der Waals surface area contributed by atoms with Gasteiger partial charge in [-0.2, -0.15) is 0 Å². The maximum atomic E-state index is 5.83. The van der Waals surface area contributed by atoms with E-state index in [4.69, 9.17) is 4.74 Å². The van der Waals surface area contributed by atoms with Crippen molar-refractivity contribution in [2.24, 2.45) is 5.92 Å². The highest BCUT2D eigenvalue weighted by molar-refractivity contribution is 5.37. The number of aromatic nitrogens is 2. The molecule has 1 saturated carbocycles. The first-order valence-electron chi connectivity index (χ1n) is 7.06. The van der Waals surface area contributed by atoms with E-state index in [1.807, 2.05) is 0 Å². The van der Waals surface area contributed by atoms with Crippen LogP contribution in [-0.4, -0.2) is 28.7 Å². The molecular formula is C14H21N3O. The van der Waals surface area contributed by atoms with Crippen LogP contribution in [0.5, 0.6) is 0 Å². The van der Waals surface area contributed by atoms with Gasteiger partial charge in [-0.05, 0) is 31.6 Å². The number of nitrogens with zero attached hydrogens (tertiary/aromatic N) is 2. The van der Waals surface area contributed by atoms with Gasteiger partial charge in [-0.3, -0.25) is 0 Å². The molecule has 0 bridgehead atoms. The van der Waals surface area contributed by atoms with Crippen molar-refractivity contribution in [2.75, 3.05) is 11.9 Å². The molecule has 2 unspecified atom stereocenters. The zero-order valence-electron chi connectivity index (χ0n) is 10.9. The number of ether oxygens (including phenoxy) is 1. The normalized spacial score (nSPS) is 27.4. The molecular weight excluding hydrogens is 226 g/mol. The van der Waals surface area contributed by atoms with Gasteiger partial charge in [0.1, 0.15) is 12.1 Å². The van der Waals surface area contributed by atoms with Gasteiger partial charge in [-0.1, -0.05) is 13.3 Å². The highest BCUT2D eigenvalue weighted by Gasteiger charge is 2.40. The Kier molecular flexibility index (Phi) is 3.46. The molecule has 2 heterocycles. The summed E-state index contributed by atoms with van der Waals surface area (Å²) in [5.41, 5.74) is 1.12. The monoisotopic (exact) mass is 247 g/mol. The second kappa shape index (κ2) is 5.22. The quantitative estimate of drug-likeness (QED) is 0.868. The summed E-state index contributed by atoms with van der Waals surface area (Å²) in [6, 6.07) is 2.51. The molecule has 0 aromatic carbocycles. The fourth-order valence-electron chi connectivity index (χ4n) is 2.71. The zero-order valence-corrected chi connectivity index (χ0v) is 10.9. The molecule has 0 radical (unpaired) electrons. The first-order valence-corrected chi connectivity index (χ1v) is 7.06. The summed E-state index contributed by atoms with van der Waals surface area (Å²) in [5, 5.41) is 3.53. The fraction of sp³-hybridized carbons (Fsp3) is 0.714. The summed E-state index contributed by atoms with van der Waals surface area (Å²) >= 11 is 0. The maximum Gasteiger partial charge on any atom is 0.129 e. The molecule has 1 aromatic rings. The van der Waals surface area contributed by atoms with E-state index < -0.39 is 0 Å². The van der Waals surface area contributed by atoms with Crippen LogP contribution in [0.25, 0.3) is 0 Å². The number of hydrogen-bond acceptors (Lipinski definition) is 4. The van der Waals surface area contributed by atoms with Gasteiger partial charge >= 0.3 is 0 Å². The summed E-state index contributed by atoms with van der Waals surface area (Å²) < 4.78 is 5.83. The minimum atomic E-state index is 0.398. The SMILES string of the molecule is CCCc1cc(NC2CCOC2C2CC2)ncn1. The fourth-order valence-corrected chi connectivity index (χ4v) is 2.71. The van der Waals surface area contributed by atoms with E-state index in [2.05, 4.69) is 28.3 Å². The van der Waals surface area contributed by atoms with E-state index in [-0.39, 0.29) is 0 Å². The third kappa shape index (κ3) is 2.64. The number of nitrogens with one attached hydrogen (secondary N) is 1. The summed E-state index contributed by atoms with van der Waals surface area (Å²) in [4.78, 5) is 8.61. The summed E-state index contributed by atoms with van der Waals surface area (Å²) in [6.07, 6.45) is 7.94. The molecule has 4 heteroatoms. The van der Waals surface area contributed by atoms with Crippen molar-refractivity contribution < 1.29 is 4.74 Å². The lowest BCUT2D eigenvalue weighted by Crippen LogP contribution is -2.31. The van der Waals surface area contributed by atoms with E-state index >= 15 is 0 Å². The van der Waals surface area contributed by atoms with Crippen molar-refractivity contribution in [1.82, 2.24) is 9.97 Å². The lowest BCUT2D eigenvalue weighted by atomic mass is 10.1. The van der Waals surface area contributed by atoms with Gasteiger partial charge in [-0.15, -0.1) is 0 Å². The Morgan fingerprint density at radius 2 is 2.22 bits per heavy atom. The molecule has 2 aliphatic rings. The number of anilines is 1. The molecule has 1 N–H and O–H groups in total. The average molecular weight is 247 g/mol. The molecule has 4 nitrogen and oxygen atoms in total. The van der Waals surface area contributed by atoms with E-state index in [1.54, 1.807) is 6.33 Å². The van der Waals surface area contributed by atoms with Gasteiger partial charge in [0.2, 0.25) is 0 Å². The molecule has 1 aromatic heterocycles. The zero-order chi connectivity index (χ0) is 12.4. The topological polar surface area (TPSA) is 47.0 Å². The second-order valence-electron chi connectivity index (χ2n) is 5.36. The number of aryl methyl sites for hydroxylation is 1. The Labute approximate surface area is 108 Å². The van der Waals surface area contributed by atoms with Crippen molar-refractivity contribution in [1.29, 1.82) is 0 Å². The van der Waals surface area contributed by atoms with Crippen LogP contribution in [-0.2, 0) is 11.2 Å². The average Bonchev–Trinajstić information content (AvgIpc) is 3.12. The van der Waals surface area contributed by atoms with Crippen LogP contribution >= 0.6 is 0 Å². The van der Waals surface area contributed by atoms with E-state index in [1.165, 1.54) is 12.8 Å². The Balaban J connectivity index is 1.65. The van der Waals surface area contributed by atoms with Gasteiger partial charge in [0.25, 0.3) is 0 Å². The Hall–Kier alpha value is -1.16. The molecule has 1 aliphatic carbocycles. The van der Waals surface area contributed by atoms with E-state index in [9.17, 15) is 0 Å². The number of hydrogen-bond donors (Lipinski definition) is 1. The van der Waals surface area contributed by atoms with E-state index in [0.717, 1.165) is 43.3 Å². The van der Waals surface area contributed by atoms with Crippen molar-refractivity contribution in [3.8, 4) is 0 Å². The van der Waals surface area contributed by atoms with Crippen molar-refractivity contribution in [3.05, 3.63) is 18.1 Å². The van der Waals surface area contributed by atoms with Crippen LogP contribution in [0.3, 0.4) is 0 Å². The largest absolute Gasteiger partial charge is 0.376 e. The van der Waals surface area contributed by atoms with Crippen LogP contribution < -0.4 is 5.32 Å². The maximum absolute atomic E-state index is 5.83. The highest BCUT2D eigenvalue weighted by Crippen LogP contribution is 2.39. The van der Waals surface area contributed by atoms with Crippen LogP contribution in [0.15, 0.2) is 12.4 Å². The standard InChI is InChI=1S/C14H21N3O/c1-2-3-11-8-13(16-9-15-11)17-12-6-7-18-14(12)10-4-5-10/h8-10,12,14H,2-7H2,1H3,(H,15,16,17). The van der Waals surface area contributed by atoms with Crippen LogP contribution in [0.2, 0.25) is 0 Å². The van der Waals surface area contributed by atoms with Gasteiger partial charge in [-0.25, -0.2) is 9.97 Å². The van der Waals surface area contributed by atoms with Crippen LogP contribution in [0.1, 0.15) is 38.3 Å². The van der Waals surface area contributed by atoms with Crippen molar-refractivity contribution in [3.63, 3.8) is 0 Å². The smallest absolute Gasteiger partial charge is 0.129 e. The van der Waals surface area contributed by atoms with Crippen molar-refractivity contribution in [2.45, 2.75) is 51.2 Å². The molecule has 0 spiro atoms. The predicted octanol–water partition coefficient (Wildman–Crippen LogP) is 2.41. The first-order chi connectivity index (χ1) is 8.86. The van der Waals surface area contributed by atoms with Gasteiger partial charge in [0.15, 0.2) is 0 Å². The molecule has 98 valence electrons. The Morgan fingerprint density at radius 3 is 3.00 bits per heavy atom. The molecule has 1 saturated heterocycles. The van der Waals surface area contributed by atoms with Crippen LogP contribution in [0.4, 0.5) is 5.82 Å². The van der Waals surface area contributed by atoms with Gasteiger partial charge < -0.3 is 10.1 Å². The van der Waals surface area contributed by atoms with E-state index in [0.29, 0.717) is 12.1 Å². The van der Waals surface area contributed by atoms with Gasteiger partial charge in [0, 0.05) is 18.4 Å². The third-order valence-corrected chi connectivity index (χ3v) is 3.79. The molecule has 3 rings (SSSR count). The Morgan fingerprint density at radius 1 is 1.33 bits per heavy atom. The predicted molar refractivity (Wildman–Crippen MR) is 70.5 cm³/mol. The third-order valence-electron chi connectivity index (χ3n) is 3.79. The minimum absolute atomic E-state index is 0.398. The van der Waals surface area contributed by atoms with Crippen LogP contribution in [0, 0.1) is 5.92 Å².